The van der Waals surface area contributed by atoms with Crippen LogP contribution in [-0.2, 0) is 4.79 Å². The molecule has 1 aromatic carbocycles. The van der Waals surface area contributed by atoms with Crippen LogP contribution in [0, 0.1) is 12.8 Å². The van der Waals surface area contributed by atoms with E-state index in [9.17, 15) is 4.79 Å². The zero-order valence-electron chi connectivity index (χ0n) is 20.9. The van der Waals surface area contributed by atoms with Gasteiger partial charge in [-0.1, -0.05) is 60.1 Å². The van der Waals surface area contributed by atoms with E-state index in [1.165, 1.54) is 17.6 Å². The van der Waals surface area contributed by atoms with Crippen LogP contribution in [0.4, 0.5) is 0 Å². The maximum Gasteiger partial charge on any atom is 0.252 e. The molecule has 2 heterocycles. The molecule has 4 rings (SSSR count). The third kappa shape index (κ3) is 6.46. The lowest BCUT2D eigenvalue weighted by molar-refractivity contribution is -0.123. The summed E-state index contributed by atoms with van der Waals surface area (Å²) >= 11 is 0. The Bertz CT molecular complexity index is 974. The van der Waals surface area contributed by atoms with Gasteiger partial charge in [0, 0.05) is 18.3 Å². The second kappa shape index (κ2) is 11.8. The first-order valence-electron chi connectivity index (χ1n) is 12.1. The van der Waals surface area contributed by atoms with Gasteiger partial charge in [0.05, 0.1) is 12.9 Å². The smallest absolute Gasteiger partial charge is 0.252 e. The highest BCUT2D eigenvalue weighted by Gasteiger charge is 2.29. The fourth-order valence-electron chi connectivity index (χ4n) is 4.04. The number of aryl methyl sites for hydroxylation is 1. The van der Waals surface area contributed by atoms with Gasteiger partial charge in [0.15, 0.2) is 0 Å². The molecule has 1 amide bonds. The van der Waals surface area contributed by atoms with Crippen molar-refractivity contribution in [1.82, 2.24) is 10.2 Å². The highest BCUT2D eigenvalue weighted by atomic mass is 31.1. The Kier molecular flexibility index (Phi) is 9.11. The van der Waals surface area contributed by atoms with Crippen LogP contribution in [0.2, 0.25) is 0 Å². The third-order valence-electron chi connectivity index (χ3n) is 6.57. The van der Waals surface area contributed by atoms with Gasteiger partial charge in [0.25, 0.3) is 5.91 Å². The number of rotatable bonds is 5. The van der Waals surface area contributed by atoms with Gasteiger partial charge in [0.1, 0.15) is 5.75 Å². The summed E-state index contributed by atoms with van der Waals surface area (Å²) in [4.78, 5) is 14.8. The molecular weight excluding hydrogens is 427 g/mol. The monoisotopic (exact) mass is 466 g/mol. The molecule has 0 radical (unpaired) electrons. The molecule has 33 heavy (non-hydrogen) atoms. The van der Waals surface area contributed by atoms with Gasteiger partial charge in [-0.3, -0.25) is 4.79 Å². The number of carbonyl (C=O) groups is 1. The van der Waals surface area contributed by atoms with Crippen LogP contribution in [0.15, 0.2) is 59.8 Å². The number of hydrogen-bond acceptors (Lipinski definition) is 3. The molecule has 2 aliphatic heterocycles. The summed E-state index contributed by atoms with van der Waals surface area (Å²) < 4.78 is 5.36. The minimum atomic E-state index is 0.0681. The summed E-state index contributed by atoms with van der Waals surface area (Å²) in [5, 5.41) is 4.47. The Hall–Kier alpha value is -2.16. The number of methoxy groups -OCH3 is 1. The number of amides is 1. The topological polar surface area (TPSA) is 41.6 Å². The molecule has 1 aliphatic carbocycles. The van der Waals surface area contributed by atoms with E-state index in [-0.39, 0.29) is 11.7 Å². The maximum absolute atomic E-state index is 12.9. The third-order valence-corrected chi connectivity index (χ3v) is 8.08. The summed E-state index contributed by atoms with van der Waals surface area (Å²) in [6.07, 6.45) is 15.1. The summed E-state index contributed by atoms with van der Waals surface area (Å²) in [5.41, 5.74) is 4.74. The summed E-state index contributed by atoms with van der Waals surface area (Å²) in [6, 6.07) is 6.71. The van der Waals surface area contributed by atoms with E-state index in [1.54, 1.807) is 13.2 Å². The SMILES string of the molecule is CCC(C)C.CNC1CC=C(C2=CN3C(=O)C=C(c4ccc(OC)c(C)c4)PC3C=C2)CC1. The van der Waals surface area contributed by atoms with Gasteiger partial charge < -0.3 is 15.0 Å². The Labute approximate surface area is 201 Å². The van der Waals surface area contributed by atoms with Crippen molar-refractivity contribution in [3.63, 3.8) is 0 Å². The average molecular weight is 467 g/mol. The number of allylic oxidation sites excluding steroid dienone is 3. The van der Waals surface area contributed by atoms with Crippen LogP contribution in [0.25, 0.3) is 5.31 Å². The first-order valence-corrected chi connectivity index (χ1v) is 13.2. The second-order valence-corrected chi connectivity index (χ2v) is 10.7. The highest BCUT2D eigenvalue weighted by molar-refractivity contribution is 7.51. The van der Waals surface area contributed by atoms with Crippen molar-refractivity contribution >= 4 is 19.8 Å². The molecule has 1 N–H and O–H groups in total. The number of nitrogens with one attached hydrogen (secondary N) is 1. The Balaban J connectivity index is 0.000000555. The fraction of sp³-hybridized carbons (Fsp3) is 0.464. The largest absolute Gasteiger partial charge is 0.496 e. The molecule has 178 valence electrons. The van der Waals surface area contributed by atoms with E-state index in [4.69, 9.17) is 4.74 Å². The van der Waals surface area contributed by atoms with Crippen molar-refractivity contribution in [3.8, 4) is 5.75 Å². The van der Waals surface area contributed by atoms with E-state index in [0.29, 0.717) is 14.6 Å². The molecule has 4 nitrogen and oxygen atoms in total. The molecule has 0 spiro atoms. The van der Waals surface area contributed by atoms with E-state index in [0.717, 1.165) is 47.4 Å². The van der Waals surface area contributed by atoms with Gasteiger partial charge in [-0.2, -0.15) is 0 Å². The number of nitrogens with zero attached hydrogens (tertiary/aromatic N) is 1. The van der Waals surface area contributed by atoms with Crippen molar-refractivity contribution in [2.75, 3.05) is 14.2 Å². The lowest BCUT2D eigenvalue weighted by atomic mass is 9.90. The van der Waals surface area contributed by atoms with Gasteiger partial charge >= 0.3 is 0 Å². The molecule has 3 atom stereocenters. The molecular formula is C28H39N2O2P. The van der Waals surface area contributed by atoms with Crippen molar-refractivity contribution in [2.45, 2.75) is 65.2 Å². The first-order chi connectivity index (χ1) is 15.9. The molecule has 0 saturated carbocycles. The summed E-state index contributed by atoms with van der Waals surface area (Å²) in [6.45, 7) is 8.68. The molecule has 5 heteroatoms. The number of carbonyl (C=O) groups excluding carboxylic acids is 1. The van der Waals surface area contributed by atoms with Gasteiger partial charge in [-0.15, -0.1) is 0 Å². The number of ether oxygens (including phenoxy) is 1. The van der Waals surface area contributed by atoms with Crippen molar-refractivity contribution in [3.05, 3.63) is 71.0 Å². The van der Waals surface area contributed by atoms with Crippen LogP contribution in [0.5, 0.6) is 5.75 Å². The lowest BCUT2D eigenvalue weighted by Crippen LogP contribution is -2.35. The predicted octanol–water partition coefficient (Wildman–Crippen LogP) is 6.40. The van der Waals surface area contributed by atoms with Crippen molar-refractivity contribution in [2.24, 2.45) is 5.92 Å². The Morgan fingerprint density at radius 3 is 2.64 bits per heavy atom. The maximum atomic E-state index is 12.9. The minimum absolute atomic E-state index is 0.0681. The van der Waals surface area contributed by atoms with Gasteiger partial charge in [-0.05, 0) is 78.9 Å². The molecule has 0 saturated heterocycles. The molecule has 3 aliphatic rings. The lowest BCUT2D eigenvalue weighted by Gasteiger charge is -2.35. The zero-order valence-corrected chi connectivity index (χ0v) is 21.9. The molecule has 0 fully saturated rings. The van der Waals surface area contributed by atoms with Crippen LogP contribution >= 0.6 is 8.58 Å². The van der Waals surface area contributed by atoms with Crippen LogP contribution in [-0.4, -0.2) is 36.8 Å². The Morgan fingerprint density at radius 2 is 2.06 bits per heavy atom. The van der Waals surface area contributed by atoms with E-state index >= 15 is 0 Å². The predicted molar refractivity (Wildman–Crippen MR) is 142 cm³/mol. The van der Waals surface area contributed by atoms with E-state index < -0.39 is 0 Å². The molecule has 3 unspecified atom stereocenters. The summed E-state index contributed by atoms with van der Waals surface area (Å²) in [5.74, 6) is 1.95. The standard InChI is InChI=1S/C23H27N2O2P.C5H12/c1-15-12-17(6-10-20(15)27-3)21-13-22(26)25-14-18(7-11-23(25)28-21)16-4-8-19(24-2)9-5-16;1-4-5(2)3/h4,6-7,10-14,19,23-24,28H,5,8-9H2,1-3H3;5H,4H2,1-3H3. The number of benzene rings is 1. The molecule has 0 bridgehead atoms. The van der Waals surface area contributed by atoms with Crippen molar-refractivity contribution in [1.29, 1.82) is 0 Å². The van der Waals surface area contributed by atoms with E-state index in [1.807, 2.05) is 31.0 Å². The highest BCUT2D eigenvalue weighted by Crippen LogP contribution is 2.45. The zero-order chi connectivity index (χ0) is 24.0. The van der Waals surface area contributed by atoms with Crippen molar-refractivity contribution < 1.29 is 9.53 Å². The average Bonchev–Trinajstić information content (AvgIpc) is 2.84. The quantitative estimate of drug-likeness (QED) is 0.511. The first kappa shape index (κ1) is 25.5. The van der Waals surface area contributed by atoms with Crippen LogP contribution in [0.3, 0.4) is 0 Å². The molecule has 0 aromatic heterocycles. The molecule has 1 aromatic rings. The van der Waals surface area contributed by atoms with Crippen LogP contribution in [0.1, 0.15) is 57.6 Å². The normalized spacial score (nSPS) is 22.8. The fourth-order valence-corrected chi connectivity index (χ4v) is 5.42. The summed E-state index contributed by atoms with van der Waals surface area (Å²) in [7, 11) is 4.25. The number of fused-ring (bicyclic) bond motifs is 1. The Morgan fingerprint density at radius 1 is 1.30 bits per heavy atom. The second-order valence-electron chi connectivity index (χ2n) is 9.31. The van der Waals surface area contributed by atoms with E-state index in [2.05, 4.69) is 56.6 Å². The minimum Gasteiger partial charge on any atom is -0.496 e. The number of hydrogen-bond donors (Lipinski definition) is 1. The van der Waals surface area contributed by atoms with Gasteiger partial charge in [-0.25, -0.2) is 0 Å². The van der Waals surface area contributed by atoms with Gasteiger partial charge in [0.2, 0.25) is 0 Å². The van der Waals surface area contributed by atoms with Crippen LogP contribution < -0.4 is 10.1 Å².